The molecule has 2 saturated heterocycles. The van der Waals surface area contributed by atoms with Crippen LogP contribution in [0, 0.1) is 17.9 Å². The van der Waals surface area contributed by atoms with Crippen molar-refractivity contribution in [1.29, 1.82) is 0 Å². The minimum atomic E-state index is -0.154. The topological polar surface area (TPSA) is 35.5 Å². The van der Waals surface area contributed by atoms with Gasteiger partial charge in [-0.3, -0.25) is 0 Å². The lowest BCUT2D eigenvalue weighted by atomic mass is 10.1. The molecule has 0 aromatic rings. The van der Waals surface area contributed by atoms with Crippen LogP contribution in [0.25, 0.3) is 0 Å². The van der Waals surface area contributed by atoms with Crippen molar-refractivity contribution in [2.45, 2.75) is 12.5 Å². The van der Waals surface area contributed by atoms with Crippen LogP contribution in [0.2, 0.25) is 0 Å². The number of rotatable bonds is 0. The van der Waals surface area contributed by atoms with E-state index in [4.69, 9.17) is 0 Å². The molecule has 0 saturated carbocycles. The van der Waals surface area contributed by atoms with Crippen LogP contribution in [0.15, 0.2) is 0 Å². The number of aliphatic hydroxyl groups excluding tert-OH is 1. The molecule has 0 radical (unpaired) electrons. The summed E-state index contributed by atoms with van der Waals surface area (Å²) in [5, 5.41) is 12.4. The van der Waals surface area contributed by atoms with Crippen LogP contribution in [-0.4, -0.2) is 42.3 Å². The molecule has 3 nitrogen and oxygen atoms in total. The van der Waals surface area contributed by atoms with Gasteiger partial charge >= 0.3 is 0 Å². The zero-order valence-corrected chi connectivity index (χ0v) is 7.08. The van der Waals surface area contributed by atoms with Crippen LogP contribution < -0.4 is 5.32 Å². The van der Waals surface area contributed by atoms with Gasteiger partial charge in [0.15, 0.2) is 0 Å². The maximum Gasteiger partial charge on any atom is 0.0739 e. The van der Waals surface area contributed by atoms with E-state index in [0.29, 0.717) is 5.92 Å². The zero-order valence-electron chi connectivity index (χ0n) is 7.08. The van der Waals surface area contributed by atoms with Gasteiger partial charge in [0, 0.05) is 31.6 Å². The van der Waals surface area contributed by atoms with Crippen molar-refractivity contribution in [1.82, 2.24) is 10.2 Å². The van der Waals surface area contributed by atoms with Crippen molar-refractivity contribution in [3.05, 3.63) is 0 Å². The summed E-state index contributed by atoms with van der Waals surface area (Å²) in [6.07, 6.45) is 0.719. The first-order chi connectivity index (χ1) is 5.84. The smallest absolute Gasteiger partial charge is 0.0739 e. The third-order valence-corrected chi connectivity index (χ3v) is 2.37. The van der Waals surface area contributed by atoms with Gasteiger partial charge in [0.05, 0.1) is 12.6 Å². The Hall–Kier alpha value is -0.720. The summed E-state index contributed by atoms with van der Waals surface area (Å²) in [7, 11) is 0. The summed E-state index contributed by atoms with van der Waals surface area (Å²) in [5.74, 6) is 3.73. The molecule has 1 atom stereocenters. The molecule has 2 aliphatic heterocycles. The van der Waals surface area contributed by atoms with Gasteiger partial charge < -0.3 is 15.3 Å². The average Bonchev–Trinajstić information content (AvgIpc) is 2.32. The summed E-state index contributed by atoms with van der Waals surface area (Å²) < 4.78 is 0. The highest BCUT2D eigenvalue weighted by Crippen LogP contribution is 2.07. The summed E-state index contributed by atoms with van der Waals surface area (Å²) in [6.45, 7) is 3.72. The number of nitrogens with zero attached hydrogens (tertiary/aromatic N) is 1. The van der Waals surface area contributed by atoms with Gasteiger partial charge in [-0.15, -0.1) is 0 Å². The van der Waals surface area contributed by atoms with E-state index in [2.05, 4.69) is 17.3 Å². The van der Waals surface area contributed by atoms with Crippen LogP contribution in [0.5, 0.6) is 0 Å². The molecule has 0 spiro atoms. The SMILES string of the molecule is OC1CCN(C#CC2CNC2)C1. The second kappa shape index (κ2) is 3.34. The van der Waals surface area contributed by atoms with Crippen LogP contribution in [0.4, 0.5) is 0 Å². The van der Waals surface area contributed by atoms with E-state index in [9.17, 15) is 5.11 Å². The molecule has 2 heterocycles. The van der Waals surface area contributed by atoms with Gasteiger partial charge in [-0.25, -0.2) is 0 Å². The molecule has 2 N–H and O–H groups in total. The fourth-order valence-corrected chi connectivity index (χ4v) is 1.42. The fourth-order valence-electron chi connectivity index (χ4n) is 1.42. The summed E-state index contributed by atoms with van der Waals surface area (Å²) in [4.78, 5) is 2.02. The van der Waals surface area contributed by atoms with Gasteiger partial charge in [0.25, 0.3) is 0 Å². The number of nitrogens with one attached hydrogen (secondary N) is 1. The van der Waals surface area contributed by atoms with Crippen LogP contribution in [-0.2, 0) is 0 Å². The maximum atomic E-state index is 9.21. The Labute approximate surface area is 72.8 Å². The predicted molar refractivity (Wildman–Crippen MR) is 46.3 cm³/mol. The van der Waals surface area contributed by atoms with E-state index in [1.54, 1.807) is 0 Å². The quantitative estimate of drug-likeness (QED) is 0.464. The van der Waals surface area contributed by atoms with Crippen LogP contribution >= 0.6 is 0 Å². The molecule has 1 unspecified atom stereocenters. The third-order valence-electron chi connectivity index (χ3n) is 2.37. The first kappa shape index (κ1) is 7.90. The lowest BCUT2D eigenvalue weighted by Gasteiger charge is -2.21. The zero-order chi connectivity index (χ0) is 8.39. The monoisotopic (exact) mass is 166 g/mol. The molecule has 0 aliphatic carbocycles. The van der Waals surface area contributed by atoms with Crippen molar-refractivity contribution < 1.29 is 5.11 Å². The maximum absolute atomic E-state index is 9.21. The van der Waals surface area contributed by atoms with Gasteiger partial charge in [0.1, 0.15) is 0 Å². The molecule has 2 rings (SSSR count). The molecular weight excluding hydrogens is 152 g/mol. The number of hydrogen-bond acceptors (Lipinski definition) is 3. The minimum Gasteiger partial charge on any atom is -0.391 e. The second-order valence-corrected chi connectivity index (χ2v) is 3.50. The number of hydrogen-bond donors (Lipinski definition) is 2. The molecule has 2 aliphatic rings. The Bertz CT molecular complexity index is 214. The Kier molecular flexibility index (Phi) is 2.20. The first-order valence-corrected chi connectivity index (χ1v) is 4.49. The predicted octanol–water partition coefficient (Wildman–Crippen LogP) is -0.767. The normalized spacial score (nSPS) is 29.4. The summed E-state index contributed by atoms with van der Waals surface area (Å²) in [5.41, 5.74) is 0. The summed E-state index contributed by atoms with van der Waals surface area (Å²) >= 11 is 0. The van der Waals surface area contributed by atoms with E-state index in [0.717, 1.165) is 32.6 Å². The van der Waals surface area contributed by atoms with Crippen molar-refractivity contribution in [3.8, 4) is 12.0 Å². The Morgan fingerprint density at radius 1 is 1.42 bits per heavy atom. The highest BCUT2D eigenvalue weighted by molar-refractivity contribution is 5.08. The molecule has 3 heteroatoms. The lowest BCUT2D eigenvalue weighted by molar-refractivity contribution is 0.187. The van der Waals surface area contributed by atoms with Gasteiger partial charge in [-0.05, 0) is 6.42 Å². The Balaban J connectivity index is 1.80. The van der Waals surface area contributed by atoms with E-state index >= 15 is 0 Å². The summed E-state index contributed by atoms with van der Waals surface area (Å²) in [6, 6.07) is 3.10. The number of β-amino-alcohol motifs (C(OH)–C–C–N with tert-alkyl or cyclic N) is 1. The van der Waals surface area contributed by atoms with Crippen molar-refractivity contribution >= 4 is 0 Å². The lowest BCUT2D eigenvalue weighted by Crippen LogP contribution is -2.41. The van der Waals surface area contributed by atoms with Crippen molar-refractivity contribution in [2.75, 3.05) is 26.2 Å². The van der Waals surface area contributed by atoms with Gasteiger partial charge in [-0.2, -0.15) is 0 Å². The Morgan fingerprint density at radius 3 is 2.75 bits per heavy atom. The van der Waals surface area contributed by atoms with Crippen LogP contribution in [0.1, 0.15) is 6.42 Å². The largest absolute Gasteiger partial charge is 0.391 e. The molecular formula is C9H14N2O. The van der Waals surface area contributed by atoms with Crippen molar-refractivity contribution in [3.63, 3.8) is 0 Å². The molecule has 0 aromatic heterocycles. The standard InChI is InChI=1S/C9H14N2O/c12-9-2-4-11(7-9)3-1-8-5-10-6-8/h8-10,12H,2,4-7H2. The highest BCUT2D eigenvalue weighted by atomic mass is 16.3. The fraction of sp³-hybridized carbons (Fsp3) is 0.778. The van der Waals surface area contributed by atoms with Crippen LogP contribution in [0.3, 0.4) is 0 Å². The first-order valence-electron chi connectivity index (χ1n) is 4.49. The Morgan fingerprint density at radius 2 is 2.25 bits per heavy atom. The molecule has 66 valence electrons. The highest BCUT2D eigenvalue weighted by Gasteiger charge is 2.18. The van der Waals surface area contributed by atoms with Crippen molar-refractivity contribution in [2.24, 2.45) is 5.92 Å². The van der Waals surface area contributed by atoms with E-state index in [-0.39, 0.29) is 6.10 Å². The average molecular weight is 166 g/mol. The minimum absolute atomic E-state index is 0.154. The molecule has 0 aromatic carbocycles. The van der Waals surface area contributed by atoms with E-state index < -0.39 is 0 Å². The van der Waals surface area contributed by atoms with Gasteiger partial charge in [-0.1, -0.05) is 5.92 Å². The number of aliphatic hydroxyl groups is 1. The molecule has 2 fully saturated rings. The molecule has 0 bridgehead atoms. The van der Waals surface area contributed by atoms with E-state index in [1.165, 1.54) is 0 Å². The molecule has 12 heavy (non-hydrogen) atoms. The third kappa shape index (κ3) is 1.71. The number of likely N-dealkylation sites (tertiary alicyclic amines) is 1. The van der Waals surface area contributed by atoms with E-state index in [1.807, 2.05) is 4.90 Å². The second-order valence-electron chi connectivity index (χ2n) is 3.50. The van der Waals surface area contributed by atoms with Gasteiger partial charge in [0.2, 0.25) is 0 Å². The molecule has 0 amide bonds.